The maximum Gasteiger partial charge on any atom is 0.310 e. The highest BCUT2D eigenvalue weighted by Crippen LogP contribution is 2.37. The van der Waals surface area contributed by atoms with Gasteiger partial charge in [0.15, 0.2) is 36.0 Å². The molecule has 0 saturated heterocycles. The number of aromatic nitrogens is 11. The number of nitrogens with zero attached hydrogens (tertiary/aromatic N) is 19. The summed E-state index contributed by atoms with van der Waals surface area (Å²) in [6.07, 6.45) is 27.2. The maximum absolute atomic E-state index is 4.64. The predicted octanol–water partition coefficient (Wildman–Crippen LogP) is 13.7. The molecular formula is C85H95N19+4. The van der Waals surface area contributed by atoms with Crippen molar-refractivity contribution in [2.24, 2.45) is 28.2 Å². The second-order valence-electron chi connectivity index (χ2n) is 27.5. The molecule has 19 nitrogen and oxygen atoms in total. The lowest BCUT2D eigenvalue weighted by molar-refractivity contribution is -0.647. The number of pyridine rings is 6. The standard InChI is InChI=1S/C23H27N6.2C21H23N4.C20H22N5/c1-15-9-7-8-10-20(15)21-13-19(23-25-16(2)24-17(3)26-23)14-22(28(21)6)29-12-11-27(5)18(29)4;1-15-8-5-6-9-17(15)20-14-19-18(10-7-11-22-19)21(24(20)4)25-13-12-23(3)16(25)2;1-15-7-5-6-8-18(15)20-13-17-14-22-10-9-19(17)21(24(20)4)25-12-11-23(3)16(25)2;1-14-7-5-6-8-17(14)18-11-16-12-21-13-22-19(16)20(24(18)4)25-10-9-23(3)15(25)2/h7-14,18H,1-6H3;2*5-14,16H,1-4H3;5-13,15H,1-4H3/q4*+1/t18-;2*16-;15-/m0000/s1. The van der Waals surface area contributed by atoms with Crippen LogP contribution < -0.4 is 37.9 Å². The Bertz CT molecular complexity index is 4950. The first-order chi connectivity index (χ1) is 50.1. The number of benzene rings is 4. The second kappa shape index (κ2) is 29.5. The van der Waals surface area contributed by atoms with Crippen LogP contribution in [-0.4, -0.2) is 107 Å². The summed E-state index contributed by atoms with van der Waals surface area (Å²) in [6, 6.07) is 51.2. The highest BCUT2D eigenvalue weighted by atomic mass is 15.4. The van der Waals surface area contributed by atoms with Crippen LogP contribution in [0.5, 0.6) is 0 Å². The first-order valence-corrected chi connectivity index (χ1v) is 35.5. The van der Waals surface area contributed by atoms with Crippen molar-refractivity contribution in [2.75, 3.05) is 47.8 Å². The average Bonchev–Trinajstić information content (AvgIpc) is 1.64. The predicted molar refractivity (Wildman–Crippen MR) is 419 cm³/mol. The van der Waals surface area contributed by atoms with E-state index in [2.05, 4.69) is 393 Å². The summed E-state index contributed by atoms with van der Waals surface area (Å²) in [5.41, 5.74) is 17.6. The van der Waals surface area contributed by atoms with Crippen molar-refractivity contribution in [3.63, 3.8) is 0 Å². The summed E-state index contributed by atoms with van der Waals surface area (Å²) < 4.78 is 9.06. The fourth-order valence-corrected chi connectivity index (χ4v) is 14.3. The zero-order valence-electron chi connectivity index (χ0n) is 63.2. The molecule has 526 valence electrons. The lowest BCUT2D eigenvalue weighted by Gasteiger charge is -2.23. The van der Waals surface area contributed by atoms with Gasteiger partial charge in [0.2, 0.25) is 0 Å². The topological polar surface area (TPSA) is 132 Å². The molecule has 12 heterocycles. The molecule has 4 aliphatic heterocycles. The molecule has 0 amide bonds. The molecule has 0 saturated carbocycles. The molecule has 0 N–H and O–H groups in total. The van der Waals surface area contributed by atoms with E-state index in [1.807, 2.05) is 44.7 Å². The van der Waals surface area contributed by atoms with Crippen LogP contribution in [0.2, 0.25) is 0 Å². The first kappa shape index (κ1) is 70.4. The molecule has 4 aromatic carbocycles. The van der Waals surface area contributed by atoms with Gasteiger partial charge in [-0.15, -0.1) is 0 Å². The Balaban J connectivity index is 0.000000123. The van der Waals surface area contributed by atoms with Crippen molar-refractivity contribution >= 4 is 55.8 Å². The third-order valence-corrected chi connectivity index (χ3v) is 20.9. The van der Waals surface area contributed by atoms with Crippen LogP contribution in [0, 0.1) is 41.5 Å². The van der Waals surface area contributed by atoms with Gasteiger partial charge in [-0.05, 0) is 128 Å². The molecule has 0 fully saturated rings. The van der Waals surface area contributed by atoms with E-state index < -0.39 is 0 Å². The third-order valence-electron chi connectivity index (χ3n) is 20.9. The molecule has 0 bridgehead atoms. The van der Waals surface area contributed by atoms with Gasteiger partial charge in [0.05, 0.1) is 44.5 Å². The number of anilines is 4. The molecule has 0 unspecified atom stereocenters. The Morgan fingerprint density at radius 1 is 0.356 bits per heavy atom. The largest absolute Gasteiger partial charge is 0.339 e. The molecule has 16 rings (SSSR count). The number of aryl methyl sites for hydroxylation is 6. The number of fused-ring (bicyclic) bond motifs is 3. The molecule has 0 radical (unpaired) electrons. The summed E-state index contributed by atoms with van der Waals surface area (Å²) in [7, 11) is 16.9. The van der Waals surface area contributed by atoms with Gasteiger partial charge in [-0.25, -0.2) is 62.8 Å². The lowest BCUT2D eigenvalue weighted by atomic mass is 10.0. The van der Waals surface area contributed by atoms with E-state index in [-0.39, 0.29) is 24.7 Å². The highest BCUT2D eigenvalue weighted by Gasteiger charge is 2.37. The van der Waals surface area contributed by atoms with E-state index in [4.69, 9.17) is 0 Å². The minimum absolute atomic E-state index is 0.225. The molecule has 0 spiro atoms. The monoisotopic (exact) mass is 1380 g/mol. The zero-order chi connectivity index (χ0) is 73.4. The first-order valence-electron chi connectivity index (χ1n) is 35.5. The van der Waals surface area contributed by atoms with Gasteiger partial charge >= 0.3 is 5.82 Å². The minimum atomic E-state index is 0.225. The van der Waals surface area contributed by atoms with Crippen LogP contribution in [0.4, 0.5) is 23.3 Å². The number of hydrogen-bond donors (Lipinski definition) is 0. The van der Waals surface area contributed by atoms with E-state index in [0.29, 0.717) is 5.82 Å². The Labute approximate surface area is 611 Å². The Morgan fingerprint density at radius 2 is 0.769 bits per heavy atom. The van der Waals surface area contributed by atoms with Crippen LogP contribution in [0.1, 0.15) is 61.6 Å². The average molecular weight is 1380 g/mol. The van der Waals surface area contributed by atoms with Gasteiger partial charge in [0.1, 0.15) is 65.6 Å². The van der Waals surface area contributed by atoms with Gasteiger partial charge in [-0.3, -0.25) is 9.97 Å². The van der Waals surface area contributed by atoms with Gasteiger partial charge in [0.25, 0.3) is 17.5 Å². The summed E-state index contributed by atoms with van der Waals surface area (Å²) in [6.45, 7) is 21.2. The minimum Gasteiger partial charge on any atom is -0.339 e. The van der Waals surface area contributed by atoms with E-state index in [1.165, 1.54) is 67.1 Å². The van der Waals surface area contributed by atoms with Crippen molar-refractivity contribution in [3.05, 3.63) is 260 Å². The fourth-order valence-electron chi connectivity index (χ4n) is 14.3. The van der Waals surface area contributed by atoms with Crippen LogP contribution in [0.3, 0.4) is 0 Å². The van der Waals surface area contributed by atoms with Crippen molar-refractivity contribution in [2.45, 2.75) is 93.9 Å². The van der Waals surface area contributed by atoms with Gasteiger partial charge < -0.3 is 19.6 Å². The molecule has 12 aromatic rings. The fraction of sp³-hybridized carbons (Fsp3) is 0.259. The van der Waals surface area contributed by atoms with Gasteiger partial charge in [-0.2, -0.15) is 0 Å². The lowest BCUT2D eigenvalue weighted by Crippen LogP contribution is -2.44. The molecule has 4 atom stereocenters. The Morgan fingerprint density at radius 3 is 1.24 bits per heavy atom. The van der Waals surface area contributed by atoms with E-state index in [1.54, 1.807) is 6.33 Å². The summed E-state index contributed by atoms with van der Waals surface area (Å²) in [4.78, 5) is 49.3. The molecule has 104 heavy (non-hydrogen) atoms. The third kappa shape index (κ3) is 13.6. The summed E-state index contributed by atoms with van der Waals surface area (Å²) in [5.74, 6) is 6.68. The van der Waals surface area contributed by atoms with Gasteiger partial charge in [0, 0.05) is 129 Å². The number of hydrogen-bond acceptors (Lipinski definition) is 15. The summed E-state index contributed by atoms with van der Waals surface area (Å²) >= 11 is 0. The van der Waals surface area contributed by atoms with Crippen molar-refractivity contribution in [3.8, 4) is 56.4 Å². The van der Waals surface area contributed by atoms with Crippen molar-refractivity contribution in [1.29, 1.82) is 0 Å². The Hall–Kier alpha value is -12.0. The molecule has 8 aromatic heterocycles. The molecule has 19 heteroatoms. The van der Waals surface area contributed by atoms with E-state index in [0.717, 1.165) is 73.2 Å². The molecule has 0 aliphatic carbocycles. The smallest absolute Gasteiger partial charge is 0.310 e. The van der Waals surface area contributed by atoms with Crippen LogP contribution in [-0.2, 0) is 28.2 Å². The normalized spacial score (nSPS) is 16.6. The quantitative estimate of drug-likeness (QED) is 0.127. The maximum atomic E-state index is 4.64. The van der Waals surface area contributed by atoms with Crippen LogP contribution in [0.25, 0.3) is 89.0 Å². The molecular weight excluding hydrogens is 1290 g/mol. The van der Waals surface area contributed by atoms with Gasteiger partial charge in [-0.1, -0.05) is 97.1 Å². The van der Waals surface area contributed by atoms with E-state index >= 15 is 0 Å². The zero-order valence-corrected chi connectivity index (χ0v) is 63.2. The number of rotatable bonds is 9. The summed E-state index contributed by atoms with van der Waals surface area (Å²) in [5, 5.41) is 4.57. The van der Waals surface area contributed by atoms with Crippen molar-refractivity contribution in [1.82, 2.24) is 54.5 Å². The Kier molecular flexibility index (Phi) is 20.0. The van der Waals surface area contributed by atoms with Crippen molar-refractivity contribution < 1.29 is 18.3 Å². The SMILES string of the molecule is Cc1ccccc1-c1cc2cnccc2c(N2C=CN(C)[C@@H]2C)[n+]1C.Cc1ccccc1-c1cc2cncnc2c(N2C=CN(C)[C@@H]2C)[n+]1C.Cc1ccccc1-c1cc2ncccc2c(N2C=CN(C)[C@@H]2C)[n+]1C.Cc1nc(C)nc(-c2cc(-c3ccccc3C)[n+](C)c(N3C=CN(C)[C@@H]3C)c2)n1. The second-order valence-corrected chi connectivity index (χ2v) is 27.5. The molecule has 4 aliphatic rings. The highest BCUT2D eigenvalue weighted by molar-refractivity contribution is 5.94. The van der Waals surface area contributed by atoms with E-state index in [9.17, 15) is 0 Å². The van der Waals surface area contributed by atoms with Crippen LogP contribution >= 0.6 is 0 Å². The van der Waals surface area contributed by atoms with Crippen LogP contribution in [0.15, 0.2) is 226 Å².